The van der Waals surface area contributed by atoms with E-state index in [2.05, 4.69) is 26.9 Å². The molecule has 1 atom stereocenters. The molecule has 6 nitrogen and oxygen atoms in total. The lowest BCUT2D eigenvalue weighted by Gasteiger charge is -2.29. The van der Waals surface area contributed by atoms with Crippen molar-refractivity contribution in [1.82, 2.24) is 15.5 Å². The van der Waals surface area contributed by atoms with E-state index in [1.165, 1.54) is 16.9 Å². The highest BCUT2D eigenvalue weighted by molar-refractivity contribution is 7.15. The Morgan fingerprint density at radius 1 is 1.38 bits per heavy atom. The number of rotatable bonds is 6. The van der Waals surface area contributed by atoms with E-state index in [0.717, 1.165) is 23.4 Å². The average Bonchev–Trinajstić information content (AvgIpc) is 3.18. The highest BCUT2D eigenvalue weighted by Gasteiger charge is 2.37. The van der Waals surface area contributed by atoms with E-state index in [1.807, 2.05) is 32.0 Å². The van der Waals surface area contributed by atoms with E-state index in [4.69, 9.17) is 0 Å². The summed E-state index contributed by atoms with van der Waals surface area (Å²) in [4.78, 5) is 12.2. The molecular weight excluding hydrogens is 324 g/mol. The van der Waals surface area contributed by atoms with Gasteiger partial charge in [0.15, 0.2) is 0 Å². The third-order valence-corrected chi connectivity index (χ3v) is 5.53. The number of nitrogens with zero attached hydrogens (tertiary/aromatic N) is 2. The molecule has 0 fully saturated rings. The second kappa shape index (κ2) is 6.96. The maximum Gasteiger partial charge on any atom is 0.240 e. The number of carbonyl (C=O) groups is 1. The maximum absolute atomic E-state index is 12.2. The Kier molecular flexibility index (Phi) is 4.93. The predicted octanol–water partition coefficient (Wildman–Crippen LogP) is 2.02. The Labute approximate surface area is 145 Å². The van der Waals surface area contributed by atoms with Crippen molar-refractivity contribution >= 4 is 22.4 Å². The van der Waals surface area contributed by atoms with Gasteiger partial charge in [-0.1, -0.05) is 49.4 Å². The number of anilines is 1. The van der Waals surface area contributed by atoms with Crippen LogP contribution in [0.5, 0.6) is 0 Å². The number of aliphatic hydroxyl groups is 1. The van der Waals surface area contributed by atoms with Gasteiger partial charge in [0, 0.05) is 5.92 Å². The number of carbonyl (C=O) groups excluding carboxylic acids is 1. The van der Waals surface area contributed by atoms with Crippen LogP contribution in [0, 0.1) is 0 Å². The van der Waals surface area contributed by atoms with Crippen LogP contribution in [0.4, 0.5) is 5.13 Å². The molecule has 0 saturated carbocycles. The monoisotopic (exact) mass is 346 g/mol. The normalized spacial score (nSPS) is 19.5. The molecule has 1 aliphatic rings. The molecule has 0 spiro atoms. The molecule has 0 radical (unpaired) electrons. The summed E-state index contributed by atoms with van der Waals surface area (Å²) in [6.07, 6.45) is 1.69. The van der Waals surface area contributed by atoms with Gasteiger partial charge in [-0.15, -0.1) is 10.2 Å². The number of aromatic nitrogens is 2. The molecule has 0 bridgehead atoms. The van der Waals surface area contributed by atoms with Crippen LogP contribution in [0.3, 0.4) is 0 Å². The molecule has 24 heavy (non-hydrogen) atoms. The summed E-state index contributed by atoms with van der Waals surface area (Å²) in [5.41, 5.74) is 1.77. The molecule has 0 aliphatic heterocycles. The van der Waals surface area contributed by atoms with Crippen molar-refractivity contribution in [3.05, 3.63) is 40.4 Å². The van der Waals surface area contributed by atoms with Gasteiger partial charge in [0.25, 0.3) is 0 Å². The van der Waals surface area contributed by atoms with Gasteiger partial charge >= 0.3 is 0 Å². The van der Waals surface area contributed by atoms with Gasteiger partial charge in [0.2, 0.25) is 11.0 Å². The van der Waals surface area contributed by atoms with Crippen molar-refractivity contribution in [3.63, 3.8) is 0 Å². The minimum atomic E-state index is -0.543. The van der Waals surface area contributed by atoms with Gasteiger partial charge in [0.1, 0.15) is 5.01 Å². The van der Waals surface area contributed by atoms with Crippen molar-refractivity contribution in [2.75, 3.05) is 18.5 Å². The van der Waals surface area contributed by atoms with E-state index in [9.17, 15) is 9.90 Å². The molecule has 3 N–H and O–H groups in total. The third-order valence-electron chi connectivity index (χ3n) is 4.39. The number of amides is 1. The van der Waals surface area contributed by atoms with E-state index in [1.54, 1.807) is 0 Å². The Bertz CT molecular complexity index is 731. The Morgan fingerprint density at radius 2 is 2.17 bits per heavy atom. The molecule has 1 aliphatic carbocycles. The second-order valence-corrected chi connectivity index (χ2v) is 7.41. The van der Waals surface area contributed by atoms with Crippen molar-refractivity contribution in [1.29, 1.82) is 0 Å². The number of benzene rings is 1. The molecule has 1 heterocycles. The van der Waals surface area contributed by atoms with Crippen LogP contribution in [0.1, 0.15) is 42.3 Å². The summed E-state index contributed by atoms with van der Waals surface area (Å²) in [5.74, 6) is 0.109. The second-order valence-electron chi connectivity index (χ2n) is 6.40. The molecule has 0 saturated heterocycles. The van der Waals surface area contributed by atoms with Gasteiger partial charge in [-0.2, -0.15) is 0 Å². The van der Waals surface area contributed by atoms with Gasteiger partial charge in [-0.3, -0.25) is 15.4 Å². The van der Waals surface area contributed by atoms with Crippen LogP contribution in [0.25, 0.3) is 0 Å². The van der Waals surface area contributed by atoms with Gasteiger partial charge in [-0.05, 0) is 24.0 Å². The van der Waals surface area contributed by atoms with Gasteiger partial charge in [0.05, 0.1) is 18.7 Å². The first-order chi connectivity index (χ1) is 11.5. The van der Waals surface area contributed by atoms with E-state index < -0.39 is 5.54 Å². The lowest BCUT2D eigenvalue weighted by atomic mass is 9.92. The smallest absolute Gasteiger partial charge is 0.240 e. The molecule has 1 aromatic heterocycles. The van der Waals surface area contributed by atoms with Crippen LogP contribution in [0.15, 0.2) is 24.3 Å². The fourth-order valence-corrected chi connectivity index (χ4v) is 3.78. The topological polar surface area (TPSA) is 87.1 Å². The number of nitrogens with one attached hydrogen (secondary N) is 2. The van der Waals surface area contributed by atoms with Crippen molar-refractivity contribution in [3.8, 4) is 0 Å². The zero-order valence-electron chi connectivity index (χ0n) is 13.9. The van der Waals surface area contributed by atoms with Crippen LogP contribution < -0.4 is 10.6 Å². The van der Waals surface area contributed by atoms with Crippen LogP contribution in [-0.4, -0.2) is 34.4 Å². The number of aryl methyl sites for hydroxylation is 1. The number of aliphatic hydroxyl groups excluding tert-OH is 1. The Balaban J connectivity index is 1.63. The fourth-order valence-electron chi connectivity index (χ4n) is 3.02. The largest absolute Gasteiger partial charge is 0.394 e. The third kappa shape index (κ3) is 3.33. The summed E-state index contributed by atoms with van der Waals surface area (Å²) in [5, 5.41) is 25.4. The molecule has 1 aromatic carbocycles. The minimum absolute atomic E-state index is 0.0341. The first-order valence-corrected chi connectivity index (χ1v) is 8.93. The standard InChI is InChI=1S/C17H22N4O2S/c1-11(2)15-20-21-16(24-15)19-14(23)9-18-17(10-22)8-7-12-5-3-4-6-13(12)17/h3-6,11,18,22H,7-10H2,1-2H3,(H,19,21,23). The zero-order chi connectivity index (χ0) is 17.2. The summed E-state index contributed by atoms with van der Waals surface area (Å²) >= 11 is 1.39. The Hall–Kier alpha value is -1.83. The summed E-state index contributed by atoms with van der Waals surface area (Å²) in [6, 6.07) is 8.05. The minimum Gasteiger partial charge on any atom is -0.394 e. The maximum atomic E-state index is 12.2. The summed E-state index contributed by atoms with van der Waals surface area (Å²) in [6.45, 7) is 4.16. The highest BCUT2D eigenvalue weighted by atomic mass is 32.1. The zero-order valence-corrected chi connectivity index (χ0v) is 14.7. The van der Waals surface area contributed by atoms with Crippen molar-refractivity contribution < 1.29 is 9.90 Å². The molecular formula is C17H22N4O2S. The quantitative estimate of drug-likeness (QED) is 0.745. The number of hydrogen-bond donors (Lipinski definition) is 3. The Morgan fingerprint density at radius 3 is 2.88 bits per heavy atom. The molecule has 1 amide bonds. The lowest BCUT2D eigenvalue weighted by molar-refractivity contribution is -0.115. The van der Waals surface area contributed by atoms with Gasteiger partial charge < -0.3 is 5.11 Å². The van der Waals surface area contributed by atoms with Crippen molar-refractivity contribution in [2.45, 2.75) is 38.1 Å². The molecule has 1 unspecified atom stereocenters. The van der Waals surface area contributed by atoms with Crippen LogP contribution in [-0.2, 0) is 16.8 Å². The van der Waals surface area contributed by atoms with Crippen molar-refractivity contribution in [2.24, 2.45) is 0 Å². The molecule has 128 valence electrons. The van der Waals surface area contributed by atoms with E-state index >= 15 is 0 Å². The number of hydrogen-bond acceptors (Lipinski definition) is 6. The SMILES string of the molecule is CC(C)c1nnc(NC(=O)CNC2(CO)CCc3ccccc32)s1. The highest BCUT2D eigenvalue weighted by Crippen LogP contribution is 2.36. The summed E-state index contributed by atoms with van der Waals surface area (Å²) in [7, 11) is 0. The summed E-state index contributed by atoms with van der Waals surface area (Å²) < 4.78 is 0. The average molecular weight is 346 g/mol. The first-order valence-electron chi connectivity index (χ1n) is 8.11. The van der Waals surface area contributed by atoms with E-state index in [0.29, 0.717) is 11.0 Å². The van der Waals surface area contributed by atoms with Gasteiger partial charge in [-0.25, -0.2) is 0 Å². The molecule has 2 aromatic rings. The van der Waals surface area contributed by atoms with Crippen LogP contribution in [0.2, 0.25) is 0 Å². The van der Waals surface area contributed by atoms with E-state index in [-0.39, 0.29) is 19.1 Å². The predicted molar refractivity (Wildman–Crippen MR) is 94.2 cm³/mol. The fraction of sp³-hybridized carbons (Fsp3) is 0.471. The molecule has 7 heteroatoms. The number of fused-ring (bicyclic) bond motifs is 1. The first kappa shape index (κ1) is 17.0. The molecule has 3 rings (SSSR count). The van der Waals surface area contributed by atoms with Crippen LogP contribution >= 0.6 is 11.3 Å². The lowest BCUT2D eigenvalue weighted by Crippen LogP contribution is -2.47.